The third-order valence-corrected chi connectivity index (χ3v) is 7.15. The first-order valence-electron chi connectivity index (χ1n) is 11.9. The van der Waals surface area contributed by atoms with Crippen molar-refractivity contribution in [1.82, 2.24) is 4.57 Å². The van der Waals surface area contributed by atoms with Crippen LogP contribution in [0.4, 0.5) is 0 Å². The van der Waals surface area contributed by atoms with E-state index in [0.29, 0.717) is 0 Å². The smallest absolute Gasteiger partial charge is 0.144 e. The molecule has 7 aromatic rings. The Hall–Kier alpha value is -4.04. The number of aromatic nitrogens is 1. The summed E-state index contributed by atoms with van der Waals surface area (Å²) in [6.07, 6.45) is 1.97. The second-order valence-corrected chi connectivity index (χ2v) is 10.2. The fourth-order valence-electron chi connectivity index (χ4n) is 5.65. The lowest BCUT2D eigenvalue weighted by Crippen LogP contribution is -2.10. The van der Waals surface area contributed by atoms with Crippen LogP contribution in [0.1, 0.15) is 26.3 Å². The van der Waals surface area contributed by atoms with Crippen molar-refractivity contribution in [2.45, 2.75) is 26.2 Å². The number of rotatable bonds is 1. The number of benzene rings is 5. The van der Waals surface area contributed by atoms with Crippen LogP contribution in [0.3, 0.4) is 0 Å². The maximum atomic E-state index is 6.36. The van der Waals surface area contributed by atoms with E-state index >= 15 is 0 Å². The van der Waals surface area contributed by atoms with Gasteiger partial charge in [0.2, 0.25) is 0 Å². The molecule has 2 heterocycles. The van der Waals surface area contributed by atoms with E-state index in [9.17, 15) is 0 Å². The van der Waals surface area contributed by atoms with Gasteiger partial charge in [0.05, 0.1) is 17.3 Å². The first kappa shape index (κ1) is 19.4. The van der Waals surface area contributed by atoms with Gasteiger partial charge in [-0.25, -0.2) is 0 Å². The van der Waals surface area contributed by atoms with E-state index in [1.165, 1.54) is 54.3 Å². The Balaban J connectivity index is 1.90. The molecule has 0 aliphatic heterocycles. The average Bonchev–Trinajstić information content (AvgIpc) is 3.45. The molecule has 2 heteroatoms. The van der Waals surface area contributed by atoms with Crippen molar-refractivity contribution >= 4 is 54.3 Å². The van der Waals surface area contributed by atoms with Gasteiger partial charge < -0.3 is 8.98 Å². The molecule has 0 N–H and O–H groups in total. The number of nitrogens with zero attached hydrogens (tertiary/aromatic N) is 1. The predicted molar refractivity (Wildman–Crippen MR) is 144 cm³/mol. The van der Waals surface area contributed by atoms with Gasteiger partial charge in [-0.3, -0.25) is 0 Å². The van der Waals surface area contributed by atoms with Gasteiger partial charge in [-0.1, -0.05) is 93.6 Å². The van der Waals surface area contributed by atoms with Gasteiger partial charge in [-0.05, 0) is 39.8 Å². The number of hydrogen-bond acceptors (Lipinski definition) is 1. The number of fused-ring (bicyclic) bond motifs is 10. The highest BCUT2D eigenvalue weighted by molar-refractivity contribution is 6.35. The summed E-state index contributed by atoms with van der Waals surface area (Å²) in [6, 6.07) is 32.7. The molecular formula is C32H25NO. The van der Waals surface area contributed by atoms with Crippen LogP contribution < -0.4 is 0 Å². The summed E-state index contributed by atoms with van der Waals surface area (Å²) in [7, 11) is 0. The lowest BCUT2D eigenvalue weighted by atomic mass is 9.85. The second-order valence-electron chi connectivity index (χ2n) is 10.2. The summed E-state index contributed by atoms with van der Waals surface area (Å²) < 4.78 is 8.80. The Labute approximate surface area is 198 Å². The molecule has 0 bridgehead atoms. The summed E-state index contributed by atoms with van der Waals surface area (Å²) in [6.45, 7) is 6.80. The molecule has 2 nitrogen and oxygen atoms in total. The van der Waals surface area contributed by atoms with Gasteiger partial charge >= 0.3 is 0 Å². The van der Waals surface area contributed by atoms with E-state index in [1.54, 1.807) is 0 Å². The van der Waals surface area contributed by atoms with E-state index in [0.717, 1.165) is 11.3 Å². The average molecular weight is 440 g/mol. The zero-order chi connectivity index (χ0) is 23.0. The molecular weight excluding hydrogens is 414 g/mol. The Bertz CT molecular complexity index is 1880. The third-order valence-electron chi connectivity index (χ3n) is 7.15. The molecule has 0 spiro atoms. The molecule has 0 atom stereocenters. The molecule has 0 aliphatic rings. The molecule has 0 unspecified atom stereocenters. The standard InChI is InChI=1S/C32H25NO/c1-32(2,3)25-19-34-31-24-16-10-9-15-23(24)28-27-22-14-8-7-11-20(22)17-18-26(27)33(30(28)29(25)31)21-12-5-4-6-13-21/h4-19H,1-3H3. The minimum atomic E-state index is -0.0549. The van der Waals surface area contributed by atoms with Crippen molar-refractivity contribution in [2.24, 2.45) is 0 Å². The molecule has 0 aliphatic carbocycles. The minimum Gasteiger partial charge on any atom is -0.463 e. The van der Waals surface area contributed by atoms with Gasteiger partial charge in [0.25, 0.3) is 0 Å². The molecule has 2 aromatic heterocycles. The Morgan fingerprint density at radius 3 is 2.06 bits per heavy atom. The maximum Gasteiger partial charge on any atom is 0.144 e. The molecule has 0 radical (unpaired) electrons. The van der Waals surface area contributed by atoms with Crippen molar-refractivity contribution in [3.63, 3.8) is 0 Å². The van der Waals surface area contributed by atoms with Crippen LogP contribution in [0, 0.1) is 0 Å². The van der Waals surface area contributed by atoms with Crippen molar-refractivity contribution in [1.29, 1.82) is 0 Å². The quantitative estimate of drug-likeness (QED) is 0.249. The minimum absolute atomic E-state index is 0.0549. The maximum absolute atomic E-state index is 6.36. The van der Waals surface area contributed by atoms with Crippen LogP contribution in [0.2, 0.25) is 0 Å². The van der Waals surface area contributed by atoms with Crippen molar-refractivity contribution in [3.05, 3.63) is 103 Å². The van der Waals surface area contributed by atoms with Gasteiger partial charge in [0, 0.05) is 32.8 Å². The summed E-state index contributed by atoms with van der Waals surface area (Å²) in [5.41, 5.74) is 5.76. The highest BCUT2D eigenvalue weighted by atomic mass is 16.3. The Kier molecular flexibility index (Phi) is 3.85. The summed E-state index contributed by atoms with van der Waals surface area (Å²) in [5, 5.41) is 8.75. The lowest BCUT2D eigenvalue weighted by Gasteiger charge is -2.18. The van der Waals surface area contributed by atoms with E-state index in [-0.39, 0.29) is 5.41 Å². The van der Waals surface area contributed by atoms with Crippen LogP contribution >= 0.6 is 0 Å². The van der Waals surface area contributed by atoms with Crippen LogP contribution in [0.15, 0.2) is 102 Å². The zero-order valence-corrected chi connectivity index (χ0v) is 19.6. The van der Waals surface area contributed by atoms with Crippen molar-refractivity contribution in [2.75, 3.05) is 0 Å². The predicted octanol–water partition coefficient (Wildman–Crippen LogP) is 9.13. The van der Waals surface area contributed by atoms with Gasteiger partial charge in [-0.15, -0.1) is 0 Å². The van der Waals surface area contributed by atoms with Gasteiger partial charge in [-0.2, -0.15) is 0 Å². The van der Waals surface area contributed by atoms with E-state index in [2.05, 4.69) is 116 Å². The summed E-state index contributed by atoms with van der Waals surface area (Å²) in [4.78, 5) is 0. The number of hydrogen-bond donors (Lipinski definition) is 0. The highest BCUT2D eigenvalue weighted by Gasteiger charge is 2.27. The van der Waals surface area contributed by atoms with Crippen LogP contribution in [-0.4, -0.2) is 4.57 Å². The Morgan fingerprint density at radius 1 is 0.618 bits per heavy atom. The van der Waals surface area contributed by atoms with Crippen molar-refractivity contribution < 1.29 is 4.42 Å². The summed E-state index contributed by atoms with van der Waals surface area (Å²) >= 11 is 0. The molecule has 0 saturated heterocycles. The normalized spacial score (nSPS) is 12.6. The zero-order valence-electron chi connectivity index (χ0n) is 19.6. The summed E-state index contributed by atoms with van der Waals surface area (Å²) in [5.74, 6) is 0. The van der Waals surface area contributed by atoms with Gasteiger partial charge in [0.1, 0.15) is 5.58 Å². The third kappa shape index (κ3) is 2.51. The van der Waals surface area contributed by atoms with Crippen LogP contribution in [0.25, 0.3) is 60.0 Å². The fourth-order valence-corrected chi connectivity index (χ4v) is 5.65. The Morgan fingerprint density at radius 2 is 1.29 bits per heavy atom. The largest absolute Gasteiger partial charge is 0.463 e. The van der Waals surface area contributed by atoms with E-state index in [1.807, 2.05) is 6.26 Å². The number of furan rings is 1. The highest BCUT2D eigenvalue weighted by Crippen LogP contribution is 2.47. The SMILES string of the molecule is CC(C)(C)c1coc2c3ccccc3c3c4c5ccccc5ccc4n(-c4ccccc4)c3c12. The molecule has 5 aromatic carbocycles. The molecule has 34 heavy (non-hydrogen) atoms. The van der Waals surface area contributed by atoms with E-state index in [4.69, 9.17) is 4.42 Å². The second kappa shape index (κ2) is 6.74. The van der Waals surface area contributed by atoms with E-state index < -0.39 is 0 Å². The fraction of sp³-hybridized carbons (Fsp3) is 0.125. The topological polar surface area (TPSA) is 18.1 Å². The van der Waals surface area contributed by atoms with Crippen LogP contribution in [-0.2, 0) is 5.41 Å². The lowest BCUT2D eigenvalue weighted by molar-refractivity contribution is 0.558. The first-order valence-corrected chi connectivity index (χ1v) is 11.9. The monoisotopic (exact) mass is 439 g/mol. The molecule has 0 fully saturated rings. The molecule has 0 saturated carbocycles. The molecule has 0 amide bonds. The molecule has 7 rings (SSSR count). The number of para-hydroxylation sites is 1. The van der Waals surface area contributed by atoms with Crippen LogP contribution in [0.5, 0.6) is 0 Å². The first-order chi connectivity index (χ1) is 16.5. The molecule has 164 valence electrons. The van der Waals surface area contributed by atoms with Crippen molar-refractivity contribution in [3.8, 4) is 5.69 Å². The van der Waals surface area contributed by atoms with Gasteiger partial charge in [0.15, 0.2) is 0 Å².